The van der Waals surface area contributed by atoms with Crippen molar-refractivity contribution < 1.29 is 14.7 Å². The van der Waals surface area contributed by atoms with E-state index in [1.807, 2.05) is 6.07 Å². The van der Waals surface area contributed by atoms with Gasteiger partial charge >= 0.3 is 0 Å². The second-order valence-corrected chi connectivity index (χ2v) is 6.42. The molecule has 26 heavy (non-hydrogen) atoms. The van der Waals surface area contributed by atoms with Gasteiger partial charge in [0.2, 0.25) is 5.91 Å². The summed E-state index contributed by atoms with van der Waals surface area (Å²) in [4.78, 5) is 23.8. The zero-order valence-electron chi connectivity index (χ0n) is 14.1. The Balaban J connectivity index is 1.85. The van der Waals surface area contributed by atoms with Crippen LogP contribution in [-0.2, 0) is 7.05 Å². The lowest BCUT2D eigenvalue weighted by Gasteiger charge is -2.17. The first-order valence-electron chi connectivity index (χ1n) is 7.97. The number of halogens is 1. The molecule has 1 aromatic heterocycles. The van der Waals surface area contributed by atoms with E-state index in [0.29, 0.717) is 21.8 Å². The quantitative estimate of drug-likeness (QED) is 0.642. The van der Waals surface area contributed by atoms with Gasteiger partial charge in [-0.25, -0.2) is 0 Å². The zero-order chi connectivity index (χ0) is 18.8. The minimum atomic E-state index is -0.606. The second kappa shape index (κ2) is 7.19. The van der Waals surface area contributed by atoms with Gasteiger partial charge in [0.15, 0.2) is 0 Å². The van der Waals surface area contributed by atoms with E-state index >= 15 is 0 Å². The summed E-state index contributed by atoms with van der Waals surface area (Å²) in [5, 5.41) is 14.0. The van der Waals surface area contributed by atoms with Gasteiger partial charge in [0.25, 0.3) is 5.91 Å². The smallest absolute Gasteiger partial charge is 0.268 e. The van der Waals surface area contributed by atoms with E-state index in [1.165, 1.54) is 0 Å². The highest BCUT2D eigenvalue weighted by molar-refractivity contribution is 6.31. The second-order valence-electron chi connectivity index (χ2n) is 5.99. The maximum atomic E-state index is 12.7. The van der Waals surface area contributed by atoms with Gasteiger partial charge in [-0.2, -0.15) is 0 Å². The van der Waals surface area contributed by atoms with Crippen molar-refractivity contribution in [3.63, 3.8) is 0 Å². The monoisotopic (exact) mass is 371 g/mol. The largest absolute Gasteiger partial charge is 0.394 e. The lowest BCUT2D eigenvalue weighted by Crippen LogP contribution is -2.32. The number of fused-ring (bicyclic) bond motifs is 1. The Morgan fingerprint density at radius 1 is 1.19 bits per heavy atom. The molecule has 1 unspecified atom stereocenters. The predicted octanol–water partition coefficient (Wildman–Crippen LogP) is 2.39. The molecule has 0 saturated heterocycles. The van der Waals surface area contributed by atoms with Crippen LogP contribution in [0.3, 0.4) is 0 Å². The molecule has 0 fully saturated rings. The Labute approximate surface area is 155 Å². The number of aryl methyl sites for hydroxylation is 1. The van der Waals surface area contributed by atoms with Gasteiger partial charge in [-0.15, -0.1) is 0 Å². The number of carbonyl (C=O) groups is 2. The molecule has 0 aliphatic carbocycles. The number of rotatable bonds is 5. The van der Waals surface area contributed by atoms with E-state index < -0.39 is 11.9 Å². The summed E-state index contributed by atoms with van der Waals surface area (Å²) in [6.07, 6.45) is 0. The molecule has 0 saturated carbocycles. The molecule has 6 nitrogen and oxygen atoms in total. The summed E-state index contributed by atoms with van der Waals surface area (Å²) in [5.74, 6) is -0.854. The number of amides is 2. The number of hydrogen-bond acceptors (Lipinski definition) is 3. The Bertz CT molecular complexity index is 980. The van der Waals surface area contributed by atoms with Crippen LogP contribution in [0.2, 0.25) is 5.02 Å². The van der Waals surface area contributed by atoms with Crippen LogP contribution >= 0.6 is 11.6 Å². The van der Waals surface area contributed by atoms with E-state index in [9.17, 15) is 14.7 Å². The molecule has 3 aromatic rings. The Morgan fingerprint density at radius 3 is 2.50 bits per heavy atom. The molecule has 0 spiro atoms. The third kappa shape index (κ3) is 3.42. The summed E-state index contributed by atoms with van der Waals surface area (Å²) >= 11 is 6.02. The van der Waals surface area contributed by atoms with Crippen LogP contribution in [0.25, 0.3) is 10.9 Å². The average Bonchev–Trinajstić information content (AvgIpc) is 2.96. The van der Waals surface area contributed by atoms with Crippen molar-refractivity contribution in [1.29, 1.82) is 0 Å². The molecule has 2 amide bonds. The molecule has 134 valence electrons. The number of nitrogens with two attached hydrogens (primary N) is 1. The fourth-order valence-electron chi connectivity index (χ4n) is 2.87. The van der Waals surface area contributed by atoms with Gasteiger partial charge < -0.3 is 20.7 Å². The van der Waals surface area contributed by atoms with Crippen LogP contribution in [-0.4, -0.2) is 28.1 Å². The van der Waals surface area contributed by atoms with Crippen molar-refractivity contribution >= 4 is 34.3 Å². The van der Waals surface area contributed by atoms with Crippen LogP contribution in [0.1, 0.15) is 32.5 Å². The summed E-state index contributed by atoms with van der Waals surface area (Å²) in [6.45, 7) is -0.280. The van der Waals surface area contributed by atoms with E-state index in [0.717, 1.165) is 10.9 Å². The number of aromatic nitrogens is 1. The Kier molecular flexibility index (Phi) is 4.97. The molecule has 4 N–H and O–H groups in total. The van der Waals surface area contributed by atoms with Crippen LogP contribution in [0.4, 0.5) is 0 Å². The maximum Gasteiger partial charge on any atom is 0.268 e. The first-order valence-corrected chi connectivity index (χ1v) is 8.35. The van der Waals surface area contributed by atoms with E-state index in [-0.39, 0.29) is 12.5 Å². The van der Waals surface area contributed by atoms with Crippen molar-refractivity contribution in [2.45, 2.75) is 6.04 Å². The number of nitrogens with one attached hydrogen (secondary N) is 1. The van der Waals surface area contributed by atoms with Gasteiger partial charge in [-0.1, -0.05) is 29.8 Å². The van der Waals surface area contributed by atoms with Gasteiger partial charge in [0.05, 0.1) is 12.6 Å². The Morgan fingerprint density at radius 2 is 1.88 bits per heavy atom. The highest BCUT2D eigenvalue weighted by Crippen LogP contribution is 2.23. The Hall–Kier alpha value is -2.83. The van der Waals surface area contributed by atoms with E-state index in [1.54, 1.807) is 54.1 Å². The van der Waals surface area contributed by atoms with Crippen LogP contribution in [0.15, 0.2) is 48.5 Å². The number of hydrogen-bond donors (Lipinski definition) is 3. The fraction of sp³-hybridized carbons (Fsp3) is 0.158. The van der Waals surface area contributed by atoms with Gasteiger partial charge in [0, 0.05) is 28.5 Å². The van der Waals surface area contributed by atoms with Crippen LogP contribution < -0.4 is 11.1 Å². The number of nitrogens with zero attached hydrogens (tertiary/aromatic N) is 1. The first kappa shape index (κ1) is 18.0. The first-order chi connectivity index (χ1) is 12.4. The van der Waals surface area contributed by atoms with Gasteiger partial charge in [-0.05, 0) is 35.9 Å². The molecule has 0 aliphatic rings. The molecular formula is C19H18ClN3O3. The van der Waals surface area contributed by atoms with Crippen molar-refractivity contribution in [3.05, 3.63) is 70.4 Å². The third-order valence-electron chi connectivity index (χ3n) is 4.33. The highest BCUT2D eigenvalue weighted by Gasteiger charge is 2.19. The van der Waals surface area contributed by atoms with Crippen LogP contribution in [0.5, 0.6) is 0 Å². The van der Waals surface area contributed by atoms with E-state index in [2.05, 4.69) is 5.32 Å². The number of benzene rings is 2. The number of aliphatic hydroxyl groups is 1. The zero-order valence-corrected chi connectivity index (χ0v) is 14.8. The van der Waals surface area contributed by atoms with Crippen molar-refractivity contribution in [1.82, 2.24) is 9.88 Å². The summed E-state index contributed by atoms with van der Waals surface area (Å²) in [7, 11) is 1.78. The van der Waals surface area contributed by atoms with Gasteiger partial charge in [-0.3, -0.25) is 9.59 Å². The average molecular weight is 372 g/mol. The lowest BCUT2D eigenvalue weighted by atomic mass is 10.0. The minimum absolute atomic E-state index is 0.280. The molecule has 3 rings (SSSR count). The molecular weight excluding hydrogens is 354 g/mol. The summed E-state index contributed by atoms with van der Waals surface area (Å²) in [6, 6.07) is 13.0. The normalized spacial score (nSPS) is 12.1. The van der Waals surface area contributed by atoms with Crippen molar-refractivity contribution in [3.8, 4) is 0 Å². The maximum absolute atomic E-state index is 12.7. The standard InChI is InChI=1S/C19H18ClN3O3/c1-23-16-9-14(20)7-6-13(16)8-17(23)19(26)22-15(10-24)11-2-4-12(5-3-11)18(21)25/h2-9,15,24H,10H2,1H3,(H2,21,25)(H,22,26). The third-order valence-corrected chi connectivity index (χ3v) is 4.56. The predicted molar refractivity (Wildman–Crippen MR) is 100 cm³/mol. The topological polar surface area (TPSA) is 97.3 Å². The fourth-order valence-corrected chi connectivity index (χ4v) is 3.03. The molecule has 1 heterocycles. The number of carbonyl (C=O) groups excluding carboxylic acids is 2. The van der Waals surface area contributed by atoms with E-state index in [4.69, 9.17) is 17.3 Å². The molecule has 1 atom stereocenters. The summed E-state index contributed by atoms with van der Waals surface area (Å²) < 4.78 is 1.75. The lowest BCUT2D eigenvalue weighted by molar-refractivity contribution is 0.0907. The molecule has 2 aromatic carbocycles. The number of primary amides is 1. The molecule has 0 radical (unpaired) electrons. The van der Waals surface area contributed by atoms with Gasteiger partial charge in [0.1, 0.15) is 5.69 Å². The van der Waals surface area contributed by atoms with Crippen molar-refractivity contribution in [2.75, 3.05) is 6.61 Å². The minimum Gasteiger partial charge on any atom is -0.394 e. The molecule has 0 bridgehead atoms. The molecule has 7 heteroatoms. The van der Waals surface area contributed by atoms with Crippen molar-refractivity contribution in [2.24, 2.45) is 12.8 Å². The highest BCUT2D eigenvalue weighted by atomic mass is 35.5. The van der Waals surface area contributed by atoms with Crippen LogP contribution in [0, 0.1) is 0 Å². The summed E-state index contributed by atoms with van der Waals surface area (Å²) in [5.41, 5.74) is 7.55. The SMILES string of the molecule is Cn1c(C(=O)NC(CO)c2ccc(C(N)=O)cc2)cc2ccc(Cl)cc21. The number of aliphatic hydroxyl groups excluding tert-OH is 1. The molecule has 0 aliphatic heterocycles.